The van der Waals surface area contributed by atoms with Gasteiger partial charge in [0.2, 0.25) is 11.8 Å². The highest BCUT2D eigenvalue weighted by molar-refractivity contribution is 5.89. The number of aliphatic hydroxyl groups excluding tert-OH is 1. The molecule has 6 heteroatoms. The van der Waals surface area contributed by atoms with Crippen LogP contribution < -0.4 is 11.1 Å². The number of carbonyl (C=O) groups is 2. The Bertz CT molecular complexity index is 335. The average Bonchev–Trinajstić information content (AvgIpc) is 2.35. The Morgan fingerprint density at radius 1 is 1.53 bits per heavy atom. The molecule has 2 rings (SSSR count). The van der Waals surface area contributed by atoms with Crippen molar-refractivity contribution in [1.82, 2.24) is 10.2 Å². The first-order valence-corrected chi connectivity index (χ1v) is 5.97. The lowest BCUT2D eigenvalue weighted by Gasteiger charge is -2.46. The molecule has 0 bridgehead atoms. The summed E-state index contributed by atoms with van der Waals surface area (Å²) < 4.78 is 0. The average molecular weight is 241 g/mol. The number of hydrogen-bond acceptors (Lipinski definition) is 4. The van der Waals surface area contributed by atoms with Gasteiger partial charge in [-0.05, 0) is 19.8 Å². The van der Waals surface area contributed by atoms with Gasteiger partial charge in [-0.2, -0.15) is 0 Å². The molecule has 0 radical (unpaired) electrons. The molecule has 2 saturated heterocycles. The van der Waals surface area contributed by atoms with Gasteiger partial charge in [-0.15, -0.1) is 0 Å². The molecule has 2 atom stereocenters. The lowest BCUT2D eigenvalue weighted by molar-refractivity contribution is -0.149. The van der Waals surface area contributed by atoms with Gasteiger partial charge in [-0.25, -0.2) is 0 Å². The Kier molecular flexibility index (Phi) is 3.09. The number of rotatable bonds is 2. The van der Waals surface area contributed by atoms with Crippen molar-refractivity contribution in [3.8, 4) is 0 Å². The second kappa shape index (κ2) is 4.27. The van der Waals surface area contributed by atoms with E-state index >= 15 is 0 Å². The summed E-state index contributed by atoms with van der Waals surface area (Å²) in [6, 6.07) is -0.862. The van der Waals surface area contributed by atoms with Crippen LogP contribution >= 0.6 is 0 Å². The van der Waals surface area contributed by atoms with E-state index in [-0.39, 0.29) is 17.2 Å². The highest BCUT2D eigenvalue weighted by Crippen LogP contribution is 2.36. The fourth-order valence-corrected chi connectivity index (χ4v) is 2.39. The Morgan fingerprint density at radius 2 is 2.12 bits per heavy atom. The van der Waals surface area contributed by atoms with Gasteiger partial charge in [0.25, 0.3) is 0 Å². The van der Waals surface area contributed by atoms with E-state index < -0.39 is 12.1 Å². The third-order valence-electron chi connectivity index (χ3n) is 3.91. The fourth-order valence-electron chi connectivity index (χ4n) is 2.39. The van der Waals surface area contributed by atoms with E-state index in [0.29, 0.717) is 25.9 Å². The molecule has 4 N–H and O–H groups in total. The summed E-state index contributed by atoms with van der Waals surface area (Å²) in [5.41, 5.74) is 5.37. The maximum atomic E-state index is 11.9. The van der Waals surface area contributed by atoms with E-state index in [1.54, 1.807) is 4.90 Å². The second-order valence-corrected chi connectivity index (χ2v) is 5.05. The summed E-state index contributed by atoms with van der Waals surface area (Å²) in [4.78, 5) is 25.0. The molecule has 2 fully saturated rings. The third-order valence-corrected chi connectivity index (χ3v) is 3.91. The minimum Gasteiger partial charge on any atom is -0.391 e. The van der Waals surface area contributed by atoms with Gasteiger partial charge in [0.15, 0.2) is 0 Å². The summed E-state index contributed by atoms with van der Waals surface area (Å²) in [7, 11) is 0. The number of likely N-dealkylation sites (tertiary alicyclic amines) is 1. The number of piperidine rings is 1. The zero-order valence-electron chi connectivity index (χ0n) is 9.98. The first-order chi connectivity index (χ1) is 7.96. The number of β-lactam (4-membered cyclic amide) rings is 1. The van der Waals surface area contributed by atoms with Crippen LogP contribution in [-0.4, -0.2) is 53.6 Å². The molecule has 2 amide bonds. The highest BCUT2D eigenvalue weighted by Gasteiger charge is 2.48. The highest BCUT2D eigenvalue weighted by atomic mass is 16.3. The van der Waals surface area contributed by atoms with Crippen molar-refractivity contribution in [2.24, 2.45) is 11.1 Å². The van der Waals surface area contributed by atoms with Gasteiger partial charge in [-0.3, -0.25) is 9.59 Å². The van der Waals surface area contributed by atoms with Crippen LogP contribution in [0, 0.1) is 5.41 Å². The molecular weight excluding hydrogens is 222 g/mol. The molecule has 1 spiro atoms. The maximum absolute atomic E-state index is 11.9. The van der Waals surface area contributed by atoms with Gasteiger partial charge in [-0.1, -0.05) is 0 Å². The molecule has 96 valence electrons. The molecule has 2 aliphatic rings. The lowest BCUT2D eigenvalue weighted by atomic mass is 9.72. The SMILES string of the molecule is C[C@@H](O)[C@H](N)C(=O)N1CCC2(CC1)CNC2=O. The van der Waals surface area contributed by atoms with Crippen LogP contribution in [0.15, 0.2) is 0 Å². The third kappa shape index (κ3) is 2.02. The number of carbonyl (C=O) groups excluding carboxylic acids is 2. The van der Waals surface area contributed by atoms with Crippen LogP contribution in [-0.2, 0) is 9.59 Å². The molecule has 0 unspecified atom stereocenters. The number of hydrogen-bond donors (Lipinski definition) is 3. The van der Waals surface area contributed by atoms with Crippen molar-refractivity contribution in [3.63, 3.8) is 0 Å². The summed E-state index contributed by atoms with van der Waals surface area (Å²) >= 11 is 0. The maximum Gasteiger partial charge on any atom is 0.242 e. The van der Waals surface area contributed by atoms with E-state index in [2.05, 4.69) is 5.32 Å². The number of nitrogens with zero attached hydrogens (tertiary/aromatic N) is 1. The van der Waals surface area contributed by atoms with Crippen molar-refractivity contribution in [2.75, 3.05) is 19.6 Å². The van der Waals surface area contributed by atoms with Crippen LogP contribution in [0.5, 0.6) is 0 Å². The largest absolute Gasteiger partial charge is 0.391 e. The van der Waals surface area contributed by atoms with Crippen LogP contribution in [0.4, 0.5) is 0 Å². The molecule has 0 aromatic rings. The second-order valence-electron chi connectivity index (χ2n) is 5.05. The lowest BCUT2D eigenvalue weighted by Crippen LogP contribution is -2.64. The predicted octanol–water partition coefficient (Wildman–Crippen LogP) is -1.57. The Morgan fingerprint density at radius 3 is 2.47 bits per heavy atom. The molecule has 0 saturated carbocycles. The van der Waals surface area contributed by atoms with Gasteiger partial charge >= 0.3 is 0 Å². The van der Waals surface area contributed by atoms with Crippen LogP contribution in [0.3, 0.4) is 0 Å². The number of amides is 2. The first kappa shape index (κ1) is 12.3. The summed E-state index contributed by atoms with van der Waals surface area (Å²) in [6.45, 7) is 3.32. The normalized spacial score (nSPS) is 26.1. The Balaban J connectivity index is 1.91. The smallest absolute Gasteiger partial charge is 0.242 e. The number of nitrogens with one attached hydrogen (secondary N) is 1. The minimum atomic E-state index is -0.862. The molecule has 0 aromatic heterocycles. The monoisotopic (exact) mass is 241 g/mol. The van der Waals surface area contributed by atoms with E-state index in [1.807, 2.05) is 0 Å². The van der Waals surface area contributed by atoms with Crippen molar-refractivity contribution in [1.29, 1.82) is 0 Å². The minimum absolute atomic E-state index is 0.101. The zero-order valence-corrected chi connectivity index (χ0v) is 9.98. The van der Waals surface area contributed by atoms with E-state index in [1.165, 1.54) is 6.92 Å². The standard InChI is InChI=1S/C11H19N3O3/c1-7(15)8(12)9(16)14-4-2-11(3-5-14)6-13-10(11)17/h7-8,15H,2-6,12H2,1H3,(H,13,17)/t7-,8+/m1/s1. The van der Waals surface area contributed by atoms with Crippen LogP contribution in [0.25, 0.3) is 0 Å². The first-order valence-electron chi connectivity index (χ1n) is 5.97. The van der Waals surface area contributed by atoms with Crippen molar-refractivity contribution < 1.29 is 14.7 Å². The van der Waals surface area contributed by atoms with Crippen LogP contribution in [0.1, 0.15) is 19.8 Å². The van der Waals surface area contributed by atoms with Crippen molar-refractivity contribution in [2.45, 2.75) is 31.9 Å². The van der Waals surface area contributed by atoms with Gasteiger partial charge in [0, 0.05) is 19.6 Å². The van der Waals surface area contributed by atoms with Crippen molar-refractivity contribution >= 4 is 11.8 Å². The molecule has 0 aliphatic carbocycles. The van der Waals surface area contributed by atoms with Gasteiger partial charge in [0.1, 0.15) is 6.04 Å². The molecule has 2 aliphatic heterocycles. The zero-order chi connectivity index (χ0) is 12.6. The molecule has 6 nitrogen and oxygen atoms in total. The van der Waals surface area contributed by atoms with E-state index in [4.69, 9.17) is 5.73 Å². The molecule has 17 heavy (non-hydrogen) atoms. The molecule has 0 aromatic carbocycles. The summed E-state index contributed by atoms with van der Waals surface area (Å²) in [6.07, 6.45) is 0.541. The predicted molar refractivity (Wildman–Crippen MR) is 60.9 cm³/mol. The fraction of sp³-hybridized carbons (Fsp3) is 0.818. The molecular formula is C11H19N3O3. The Hall–Kier alpha value is -1.14. The van der Waals surface area contributed by atoms with Gasteiger partial charge < -0.3 is 21.1 Å². The van der Waals surface area contributed by atoms with Crippen molar-refractivity contribution in [3.05, 3.63) is 0 Å². The van der Waals surface area contributed by atoms with E-state index in [9.17, 15) is 14.7 Å². The summed E-state index contributed by atoms with van der Waals surface area (Å²) in [5.74, 6) is -0.126. The van der Waals surface area contributed by atoms with E-state index in [0.717, 1.165) is 6.54 Å². The molecule has 2 heterocycles. The Labute approximate surface area is 100 Å². The van der Waals surface area contributed by atoms with Gasteiger partial charge in [0.05, 0.1) is 11.5 Å². The quantitative estimate of drug-likeness (QED) is 0.509. The topological polar surface area (TPSA) is 95.7 Å². The number of nitrogens with two attached hydrogens (primary N) is 1. The number of aliphatic hydroxyl groups is 1. The van der Waals surface area contributed by atoms with Crippen LogP contribution in [0.2, 0.25) is 0 Å². The summed E-state index contributed by atoms with van der Waals surface area (Å²) in [5, 5.41) is 12.0.